The fourth-order valence-electron chi connectivity index (χ4n) is 2.83. The van der Waals surface area contributed by atoms with Gasteiger partial charge in [-0.1, -0.05) is 23.7 Å². The lowest BCUT2D eigenvalue weighted by molar-refractivity contribution is 0.0735. The van der Waals surface area contributed by atoms with Crippen LogP contribution in [0.1, 0.15) is 34.8 Å². The van der Waals surface area contributed by atoms with Gasteiger partial charge in [0.25, 0.3) is 5.91 Å². The average Bonchev–Trinajstić information content (AvgIpc) is 2.97. The second kappa shape index (κ2) is 5.86. The summed E-state index contributed by atoms with van der Waals surface area (Å²) in [5.41, 5.74) is 1.57. The Labute approximate surface area is 128 Å². The number of hydrogen-bond acceptors (Lipinski definition) is 1. The summed E-state index contributed by atoms with van der Waals surface area (Å²) in [4.78, 5) is 14.4. The minimum Gasteiger partial charge on any atom is -0.332 e. The highest BCUT2D eigenvalue weighted by Gasteiger charge is 2.30. The van der Waals surface area contributed by atoms with Crippen molar-refractivity contribution in [2.45, 2.75) is 18.9 Å². The molecule has 108 valence electrons. The first kappa shape index (κ1) is 14.1. The number of carbonyl (C=O) groups excluding carboxylic acids is 1. The normalized spacial score (nSPS) is 18.0. The van der Waals surface area contributed by atoms with E-state index in [9.17, 15) is 9.18 Å². The van der Waals surface area contributed by atoms with Crippen LogP contribution in [0.3, 0.4) is 0 Å². The quantitative estimate of drug-likeness (QED) is 0.802. The van der Waals surface area contributed by atoms with Crippen molar-refractivity contribution in [3.05, 3.63) is 70.5 Å². The highest BCUT2D eigenvalue weighted by atomic mass is 35.5. The fraction of sp³-hybridized carbons (Fsp3) is 0.235. The van der Waals surface area contributed by atoms with E-state index in [-0.39, 0.29) is 17.8 Å². The second-order valence-corrected chi connectivity index (χ2v) is 5.65. The van der Waals surface area contributed by atoms with Crippen molar-refractivity contribution >= 4 is 17.5 Å². The molecule has 2 nitrogen and oxygen atoms in total. The Balaban J connectivity index is 1.87. The van der Waals surface area contributed by atoms with E-state index in [0.717, 1.165) is 18.4 Å². The molecule has 21 heavy (non-hydrogen) atoms. The third-order valence-electron chi connectivity index (χ3n) is 3.84. The Hall–Kier alpha value is -1.87. The number of rotatable bonds is 2. The number of likely N-dealkylation sites (tertiary alicyclic amines) is 1. The van der Waals surface area contributed by atoms with Crippen LogP contribution in [0.15, 0.2) is 48.5 Å². The molecule has 0 aromatic heterocycles. The molecule has 0 saturated carbocycles. The SMILES string of the molecule is O=C(c1ccc(F)cc1)N1CCCC1c1cccc(Cl)c1. The molecule has 2 aromatic carbocycles. The van der Waals surface area contributed by atoms with E-state index < -0.39 is 0 Å². The Kier molecular flexibility index (Phi) is 3.93. The molecule has 0 spiro atoms. The molecule has 0 aliphatic carbocycles. The average molecular weight is 304 g/mol. The molecule has 1 heterocycles. The third kappa shape index (κ3) is 2.93. The van der Waals surface area contributed by atoms with Crippen LogP contribution < -0.4 is 0 Å². The molecule has 3 rings (SSSR count). The van der Waals surface area contributed by atoms with Crippen LogP contribution in [0.2, 0.25) is 5.02 Å². The number of halogens is 2. The van der Waals surface area contributed by atoms with E-state index in [0.29, 0.717) is 17.1 Å². The van der Waals surface area contributed by atoms with Crippen molar-refractivity contribution in [3.8, 4) is 0 Å². The summed E-state index contributed by atoms with van der Waals surface area (Å²) in [6, 6.07) is 13.4. The molecule has 1 atom stereocenters. The van der Waals surface area contributed by atoms with E-state index in [4.69, 9.17) is 11.6 Å². The minimum atomic E-state index is -0.334. The molecule has 1 unspecified atom stereocenters. The van der Waals surface area contributed by atoms with E-state index in [1.54, 1.807) is 0 Å². The third-order valence-corrected chi connectivity index (χ3v) is 4.07. The lowest BCUT2D eigenvalue weighted by Gasteiger charge is -2.25. The zero-order valence-electron chi connectivity index (χ0n) is 11.4. The zero-order valence-corrected chi connectivity index (χ0v) is 12.2. The van der Waals surface area contributed by atoms with Crippen LogP contribution in [-0.4, -0.2) is 17.4 Å². The minimum absolute atomic E-state index is 0.0428. The Morgan fingerprint density at radius 1 is 1.19 bits per heavy atom. The summed E-state index contributed by atoms with van der Waals surface area (Å²) in [6.45, 7) is 0.716. The van der Waals surface area contributed by atoms with Gasteiger partial charge in [0.1, 0.15) is 5.82 Å². The van der Waals surface area contributed by atoms with Crippen LogP contribution in [0, 0.1) is 5.82 Å². The predicted octanol–water partition coefficient (Wildman–Crippen LogP) is 4.46. The lowest BCUT2D eigenvalue weighted by Crippen LogP contribution is -2.30. The molecule has 0 N–H and O–H groups in total. The summed E-state index contributed by atoms with van der Waals surface area (Å²) in [6.07, 6.45) is 1.89. The number of carbonyl (C=O) groups is 1. The number of benzene rings is 2. The second-order valence-electron chi connectivity index (χ2n) is 5.22. The predicted molar refractivity (Wildman–Crippen MR) is 80.9 cm³/mol. The van der Waals surface area contributed by atoms with Crippen molar-refractivity contribution < 1.29 is 9.18 Å². The van der Waals surface area contributed by atoms with Crippen molar-refractivity contribution in [1.82, 2.24) is 4.90 Å². The van der Waals surface area contributed by atoms with Gasteiger partial charge < -0.3 is 4.90 Å². The van der Waals surface area contributed by atoms with Gasteiger partial charge in [0.2, 0.25) is 0 Å². The van der Waals surface area contributed by atoms with Gasteiger partial charge >= 0.3 is 0 Å². The van der Waals surface area contributed by atoms with E-state index in [1.807, 2.05) is 29.2 Å². The van der Waals surface area contributed by atoms with Gasteiger partial charge in [0, 0.05) is 17.1 Å². The topological polar surface area (TPSA) is 20.3 Å². The smallest absolute Gasteiger partial charge is 0.254 e. The molecule has 1 fully saturated rings. The maximum absolute atomic E-state index is 13.0. The van der Waals surface area contributed by atoms with Crippen LogP contribution in [0.5, 0.6) is 0 Å². The molecule has 1 amide bonds. The zero-order chi connectivity index (χ0) is 14.8. The first-order valence-corrected chi connectivity index (χ1v) is 7.35. The Bertz CT molecular complexity index is 656. The summed E-state index contributed by atoms with van der Waals surface area (Å²) in [5.74, 6) is -0.392. The number of nitrogens with zero attached hydrogens (tertiary/aromatic N) is 1. The fourth-order valence-corrected chi connectivity index (χ4v) is 3.03. The first-order chi connectivity index (χ1) is 10.1. The lowest BCUT2D eigenvalue weighted by atomic mass is 10.0. The highest BCUT2D eigenvalue weighted by molar-refractivity contribution is 6.30. The van der Waals surface area contributed by atoms with Crippen LogP contribution in [0.4, 0.5) is 4.39 Å². The van der Waals surface area contributed by atoms with Gasteiger partial charge in [0.15, 0.2) is 0 Å². The maximum atomic E-state index is 13.0. The Morgan fingerprint density at radius 3 is 2.67 bits per heavy atom. The maximum Gasteiger partial charge on any atom is 0.254 e. The molecule has 0 bridgehead atoms. The molecule has 1 aliphatic rings. The largest absolute Gasteiger partial charge is 0.332 e. The van der Waals surface area contributed by atoms with E-state index in [1.165, 1.54) is 24.3 Å². The van der Waals surface area contributed by atoms with Crippen LogP contribution in [0.25, 0.3) is 0 Å². The van der Waals surface area contributed by atoms with Crippen molar-refractivity contribution in [1.29, 1.82) is 0 Å². The van der Waals surface area contributed by atoms with Gasteiger partial charge in [-0.15, -0.1) is 0 Å². The van der Waals surface area contributed by atoms with Crippen LogP contribution in [-0.2, 0) is 0 Å². The summed E-state index contributed by atoms with van der Waals surface area (Å²) in [5, 5.41) is 0.675. The van der Waals surface area contributed by atoms with Gasteiger partial charge in [-0.25, -0.2) is 4.39 Å². The molecule has 4 heteroatoms. The van der Waals surface area contributed by atoms with Crippen molar-refractivity contribution in [3.63, 3.8) is 0 Å². The number of hydrogen-bond donors (Lipinski definition) is 0. The Morgan fingerprint density at radius 2 is 1.95 bits per heavy atom. The van der Waals surface area contributed by atoms with Gasteiger partial charge in [-0.2, -0.15) is 0 Å². The molecule has 2 aromatic rings. The van der Waals surface area contributed by atoms with Crippen molar-refractivity contribution in [2.24, 2.45) is 0 Å². The first-order valence-electron chi connectivity index (χ1n) is 6.97. The van der Waals surface area contributed by atoms with Crippen LogP contribution >= 0.6 is 11.6 Å². The highest BCUT2D eigenvalue weighted by Crippen LogP contribution is 2.34. The van der Waals surface area contributed by atoms with Gasteiger partial charge in [-0.05, 0) is 54.8 Å². The molecule has 1 aliphatic heterocycles. The summed E-state index contributed by atoms with van der Waals surface area (Å²) in [7, 11) is 0. The summed E-state index contributed by atoms with van der Waals surface area (Å²) >= 11 is 6.04. The molecular weight excluding hydrogens is 289 g/mol. The van der Waals surface area contributed by atoms with Gasteiger partial charge in [0.05, 0.1) is 6.04 Å². The molecule has 0 radical (unpaired) electrons. The van der Waals surface area contributed by atoms with Gasteiger partial charge in [-0.3, -0.25) is 4.79 Å². The molecule has 1 saturated heterocycles. The summed E-state index contributed by atoms with van der Waals surface area (Å²) < 4.78 is 13.0. The standard InChI is InChI=1S/C17H15ClFNO/c18-14-4-1-3-13(11-14)16-5-2-10-20(16)17(21)12-6-8-15(19)9-7-12/h1,3-4,6-9,11,16H,2,5,10H2. The van der Waals surface area contributed by atoms with Crippen molar-refractivity contribution in [2.75, 3.05) is 6.54 Å². The van der Waals surface area contributed by atoms with E-state index in [2.05, 4.69) is 0 Å². The molecular formula is C17H15ClFNO. The monoisotopic (exact) mass is 303 g/mol. The van der Waals surface area contributed by atoms with E-state index >= 15 is 0 Å². The number of amides is 1.